The van der Waals surface area contributed by atoms with E-state index in [0.717, 1.165) is 14.6 Å². The second kappa shape index (κ2) is 4.48. The molecule has 12 heavy (non-hydrogen) atoms. The second-order valence-corrected chi connectivity index (χ2v) is 3.91. The molecule has 1 aromatic rings. The van der Waals surface area contributed by atoms with Gasteiger partial charge in [0.25, 0.3) is 0 Å². The summed E-state index contributed by atoms with van der Waals surface area (Å²) in [5.41, 5.74) is 0.922. The van der Waals surface area contributed by atoms with Gasteiger partial charge >= 0.3 is 0 Å². The molecule has 0 aliphatic carbocycles. The van der Waals surface area contributed by atoms with E-state index in [9.17, 15) is 0 Å². The van der Waals surface area contributed by atoms with Gasteiger partial charge in [-0.3, -0.25) is 0 Å². The maximum absolute atomic E-state index is 8.35. The minimum atomic E-state index is 0.315. The molecule has 0 saturated carbocycles. The van der Waals surface area contributed by atoms with E-state index in [-0.39, 0.29) is 0 Å². The molecule has 1 rings (SSSR count). The molecule has 1 N–H and O–H groups in total. The molecule has 0 spiro atoms. The van der Waals surface area contributed by atoms with Crippen LogP contribution in [0.1, 0.15) is 0 Å². The smallest absolute Gasteiger partial charge is 0.103 e. The molecule has 2 nitrogen and oxygen atoms in total. The summed E-state index contributed by atoms with van der Waals surface area (Å²) in [4.78, 5) is 0. The maximum atomic E-state index is 8.35. The first kappa shape index (κ1) is 9.56. The third-order valence-electron chi connectivity index (χ3n) is 1.29. The highest BCUT2D eigenvalue weighted by Crippen LogP contribution is 2.25. The number of hydrogen-bond donors (Lipinski definition) is 1. The number of halogens is 2. The zero-order valence-electron chi connectivity index (χ0n) is 6.14. The summed E-state index contributed by atoms with van der Waals surface area (Å²) in [5.74, 6) is 0. The van der Waals surface area contributed by atoms with Crippen LogP contribution in [0.3, 0.4) is 0 Å². The van der Waals surface area contributed by atoms with Crippen LogP contribution in [-0.4, -0.2) is 6.54 Å². The standard InChI is InChI=1S/C8H6Br2N2/c9-6-1-2-7(10)8(5-6)12-4-3-11/h1-2,5,12H,4H2. The van der Waals surface area contributed by atoms with E-state index in [4.69, 9.17) is 5.26 Å². The Morgan fingerprint density at radius 3 is 2.83 bits per heavy atom. The van der Waals surface area contributed by atoms with Crippen molar-refractivity contribution < 1.29 is 0 Å². The van der Waals surface area contributed by atoms with Crippen molar-refractivity contribution in [1.82, 2.24) is 0 Å². The lowest BCUT2D eigenvalue weighted by atomic mass is 10.3. The van der Waals surface area contributed by atoms with Gasteiger partial charge in [-0.1, -0.05) is 15.9 Å². The summed E-state index contributed by atoms with van der Waals surface area (Å²) in [6.07, 6.45) is 0. The normalized spacial score (nSPS) is 9.08. The fourth-order valence-electron chi connectivity index (χ4n) is 0.768. The molecule has 0 bridgehead atoms. The Bertz CT molecular complexity index is 317. The van der Waals surface area contributed by atoms with Crippen LogP contribution in [0, 0.1) is 11.3 Å². The van der Waals surface area contributed by atoms with Crippen LogP contribution in [-0.2, 0) is 0 Å². The van der Waals surface area contributed by atoms with E-state index in [1.165, 1.54) is 0 Å². The van der Waals surface area contributed by atoms with Crippen molar-refractivity contribution in [3.8, 4) is 6.07 Å². The highest BCUT2D eigenvalue weighted by Gasteiger charge is 1.98. The van der Waals surface area contributed by atoms with Crippen LogP contribution in [0.25, 0.3) is 0 Å². The van der Waals surface area contributed by atoms with Crippen LogP contribution in [0.5, 0.6) is 0 Å². The molecular formula is C8H6Br2N2. The molecule has 0 radical (unpaired) electrons. The van der Waals surface area contributed by atoms with Gasteiger partial charge in [-0.15, -0.1) is 0 Å². The molecule has 0 amide bonds. The second-order valence-electron chi connectivity index (χ2n) is 2.14. The molecule has 0 aromatic heterocycles. The molecule has 4 heteroatoms. The summed E-state index contributed by atoms with van der Waals surface area (Å²) in [6.45, 7) is 0.315. The molecule has 0 unspecified atom stereocenters. The van der Waals surface area contributed by atoms with Gasteiger partial charge in [0, 0.05) is 8.95 Å². The van der Waals surface area contributed by atoms with Gasteiger partial charge < -0.3 is 5.32 Å². The molecule has 0 saturated heterocycles. The highest BCUT2D eigenvalue weighted by atomic mass is 79.9. The average Bonchev–Trinajstić information content (AvgIpc) is 2.07. The summed E-state index contributed by atoms with van der Waals surface area (Å²) in [6, 6.07) is 7.79. The van der Waals surface area contributed by atoms with E-state index < -0.39 is 0 Å². The van der Waals surface area contributed by atoms with Crippen molar-refractivity contribution in [1.29, 1.82) is 5.26 Å². The van der Waals surface area contributed by atoms with E-state index in [0.29, 0.717) is 6.54 Å². The van der Waals surface area contributed by atoms with Crippen LogP contribution >= 0.6 is 31.9 Å². The molecule has 1 aromatic carbocycles. The minimum absolute atomic E-state index is 0.315. The number of benzene rings is 1. The summed E-state index contributed by atoms with van der Waals surface area (Å²) in [7, 11) is 0. The van der Waals surface area contributed by atoms with Gasteiger partial charge in [-0.05, 0) is 34.1 Å². The van der Waals surface area contributed by atoms with Crippen molar-refractivity contribution in [2.75, 3.05) is 11.9 Å². The van der Waals surface area contributed by atoms with Gasteiger partial charge in [0.2, 0.25) is 0 Å². The minimum Gasteiger partial charge on any atom is -0.371 e. The molecule has 62 valence electrons. The number of hydrogen-bond acceptors (Lipinski definition) is 2. The Kier molecular flexibility index (Phi) is 3.57. The van der Waals surface area contributed by atoms with Crippen LogP contribution in [0.4, 0.5) is 5.69 Å². The van der Waals surface area contributed by atoms with E-state index in [2.05, 4.69) is 37.2 Å². The van der Waals surface area contributed by atoms with Gasteiger partial charge in [-0.2, -0.15) is 5.26 Å². The number of nitriles is 1. The van der Waals surface area contributed by atoms with Crippen LogP contribution < -0.4 is 5.32 Å². The SMILES string of the molecule is N#CCNc1cc(Br)ccc1Br. The Balaban J connectivity index is 2.84. The third kappa shape index (κ3) is 2.50. The Labute approximate surface area is 87.8 Å². The first-order valence-corrected chi connectivity index (χ1v) is 4.88. The Morgan fingerprint density at radius 1 is 1.42 bits per heavy atom. The zero-order valence-corrected chi connectivity index (χ0v) is 9.31. The monoisotopic (exact) mass is 288 g/mol. The number of nitrogens with zero attached hydrogens (tertiary/aromatic N) is 1. The number of nitrogens with one attached hydrogen (secondary N) is 1. The molecular weight excluding hydrogens is 284 g/mol. The third-order valence-corrected chi connectivity index (χ3v) is 2.47. The van der Waals surface area contributed by atoms with Crippen molar-refractivity contribution >= 4 is 37.5 Å². The number of rotatable bonds is 2. The molecule has 0 heterocycles. The predicted octanol–water partition coefficient (Wildman–Crippen LogP) is 3.15. The average molecular weight is 290 g/mol. The first-order chi connectivity index (χ1) is 5.74. The van der Waals surface area contributed by atoms with E-state index in [1.54, 1.807) is 0 Å². The summed E-state index contributed by atoms with van der Waals surface area (Å²) < 4.78 is 1.95. The van der Waals surface area contributed by atoms with Crippen LogP contribution in [0.15, 0.2) is 27.1 Å². The molecule has 0 aliphatic rings. The van der Waals surface area contributed by atoms with Gasteiger partial charge in [0.15, 0.2) is 0 Å². The van der Waals surface area contributed by atoms with Gasteiger partial charge in [0.05, 0.1) is 11.8 Å². The van der Waals surface area contributed by atoms with Crippen molar-refractivity contribution in [3.63, 3.8) is 0 Å². The van der Waals surface area contributed by atoms with E-state index >= 15 is 0 Å². The van der Waals surface area contributed by atoms with Gasteiger partial charge in [0.1, 0.15) is 6.54 Å². The van der Waals surface area contributed by atoms with Crippen molar-refractivity contribution in [3.05, 3.63) is 27.1 Å². The van der Waals surface area contributed by atoms with Gasteiger partial charge in [-0.25, -0.2) is 0 Å². The number of anilines is 1. The topological polar surface area (TPSA) is 35.8 Å². The fraction of sp³-hybridized carbons (Fsp3) is 0.125. The van der Waals surface area contributed by atoms with Crippen molar-refractivity contribution in [2.45, 2.75) is 0 Å². The lowest BCUT2D eigenvalue weighted by molar-refractivity contribution is 1.31. The zero-order chi connectivity index (χ0) is 8.97. The lowest BCUT2D eigenvalue weighted by Gasteiger charge is -2.04. The molecule has 0 atom stereocenters. The quantitative estimate of drug-likeness (QED) is 0.849. The van der Waals surface area contributed by atoms with Crippen LogP contribution in [0.2, 0.25) is 0 Å². The Hall–Kier alpha value is -0.530. The molecule has 0 aliphatic heterocycles. The lowest BCUT2D eigenvalue weighted by Crippen LogP contribution is -1.98. The summed E-state index contributed by atoms with van der Waals surface area (Å²) in [5, 5.41) is 11.3. The maximum Gasteiger partial charge on any atom is 0.103 e. The Morgan fingerprint density at radius 2 is 2.17 bits per heavy atom. The van der Waals surface area contributed by atoms with E-state index in [1.807, 2.05) is 24.3 Å². The largest absolute Gasteiger partial charge is 0.371 e. The van der Waals surface area contributed by atoms with Crippen molar-refractivity contribution in [2.24, 2.45) is 0 Å². The first-order valence-electron chi connectivity index (χ1n) is 3.30. The molecule has 0 fully saturated rings. The predicted molar refractivity (Wildman–Crippen MR) is 55.9 cm³/mol. The fourth-order valence-corrected chi connectivity index (χ4v) is 1.52. The summed E-state index contributed by atoms with van der Waals surface area (Å²) >= 11 is 6.71. The highest BCUT2D eigenvalue weighted by molar-refractivity contribution is 9.11.